The van der Waals surface area contributed by atoms with Crippen LogP contribution in [0.4, 0.5) is 0 Å². The molecule has 0 aliphatic carbocycles. The average molecular weight is 198 g/mol. The highest BCUT2D eigenvalue weighted by Crippen LogP contribution is 2.00. The number of nitrogens with one attached hydrogen (secondary N) is 1. The van der Waals surface area contributed by atoms with Gasteiger partial charge in [0.25, 0.3) is 0 Å². The maximum Gasteiger partial charge on any atom is 0.129 e. The standard InChI is InChI=1S/C13H14N2/c1-3-14-13(15-4-2)11-10-12-8-6-5-7-9-12/h3-11H,1-2H2,(H,14,15)/b11-10+. The molecule has 1 aromatic rings. The van der Waals surface area contributed by atoms with Crippen LogP contribution in [0.25, 0.3) is 6.08 Å². The third kappa shape index (κ3) is 4.09. The predicted molar refractivity (Wildman–Crippen MR) is 66.4 cm³/mol. The fourth-order valence-electron chi connectivity index (χ4n) is 1.07. The second kappa shape index (κ2) is 6.38. The molecule has 0 bridgehead atoms. The third-order valence-electron chi connectivity index (χ3n) is 1.71. The van der Waals surface area contributed by atoms with Gasteiger partial charge in [-0.3, -0.25) is 0 Å². The summed E-state index contributed by atoms with van der Waals surface area (Å²) in [6.45, 7) is 7.12. The van der Waals surface area contributed by atoms with E-state index in [1.54, 1.807) is 6.20 Å². The van der Waals surface area contributed by atoms with E-state index in [1.807, 2.05) is 42.5 Å². The van der Waals surface area contributed by atoms with Crippen LogP contribution in [0.2, 0.25) is 0 Å². The van der Waals surface area contributed by atoms with Gasteiger partial charge in [-0.25, -0.2) is 4.99 Å². The Kier molecular flexibility index (Phi) is 4.67. The first-order chi connectivity index (χ1) is 7.36. The van der Waals surface area contributed by atoms with Crippen LogP contribution in [-0.2, 0) is 0 Å². The fraction of sp³-hybridized carbons (Fsp3) is 0. The van der Waals surface area contributed by atoms with Crippen LogP contribution >= 0.6 is 0 Å². The van der Waals surface area contributed by atoms with Gasteiger partial charge in [-0.2, -0.15) is 0 Å². The predicted octanol–water partition coefficient (Wildman–Crippen LogP) is 2.97. The average Bonchev–Trinajstić information content (AvgIpc) is 2.28. The highest BCUT2D eigenvalue weighted by molar-refractivity contribution is 5.97. The molecule has 0 heterocycles. The van der Waals surface area contributed by atoms with Crippen LogP contribution < -0.4 is 5.32 Å². The van der Waals surface area contributed by atoms with Crippen LogP contribution in [0.15, 0.2) is 67.0 Å². The molecule has 0 fully saturated rings. The van der Waals surface area contributed by atoms with Crippen molar-refractivity contribution in [3.05, 3.63) is 67.5 Å². The molecule has 2 nitrogen and oxygen atoms in total. The number of rotatable bonds is 4. The van der Waals surface area contributed by atoms with Crippen LogP contribution in [0.1, 0.15) is 5.56 Å². The highest BCUT2D eigenvalue weighted by atomic mass is 15.0. The number of amidine groups is 1. The Bertz CT molecular complexity index is 375. The molecule has 2 heteroatoms. The fourth-order valence-corrected chi connectivity index (χ4v) is 1.07. The van der Waals surface area contributed by atoms with E-state index in [2.05, 4.69) is 23.5 Å². The lowest BCUT2D eigenvalue weighted by atomic mass is 10.2. The zero-order chi connectivity index (χ0) is 10.9. The Morgan fingerprint density at radius 3 is 2.53 bits per heavy atom. The second-order valence-electron chi connectivity index (χ2n) is 2.79. The highest BCUT2D eigenvalue weighted by Gasteiger charge is 1.88. The summed E-state index contributed by atoms with van der Waals surface area (Å²) in [6.07, 6.45) is 6.91. The summed E-state index contributed by atoms with van der Waals surface area (Å²) in [5.74, 6) is 0.712. The maximum atomic E-state index is 4.04. The Morgan fingerprint density at radius 1 is 1.20 bits per heavy atom. The van der Waals surface area contributed by atoms with Crippen LogP contribution in [0.5, 0.6) is 0 Å². The minimum absolute atomic E-state index is 0.712. The number of aliphatic imine (C=N–C) groups is 1. The summed E-state index contributed by atoms with van der Waals surface area (Å²) >= 11 is 0. The van der Waals surface area contributed by atoms with Crippen molar-refractivity contribution in [1.82, 2.24) is 5.32 Å². The molecule has 0 aromatic heterocycles. The molecule has 0 radical (unpaired) electrons. The summed E-state index contributed by atoms with van der Waals surface area (Å²) in [7, 11) is 0. The SMILES string of the molecule is C=CN=C(/C=C/c1ccccc1)NC=C. The van der Waals surface area contributed by atoms with Gasteiger partial charge in [0.15, 0.2) is 0 Å². The number of hydrogen-bond donors (Lipinski definition) is 1. The van der Waals surface area contributed by atoms with E-state index in [0.29, 0.717) is 5.84 Å². The van der Waals surface area contributed by atoms with Gasteiger partial charge in [0, 0.05) is 6.20 Å². The number of nitrogens with zero attached hydrogens (tertiary/aromatic N) is 1. The van der Waals surface area contributed by atoms with Crippen molar-refractivity contribution < 1.29 is 0 Å². The molecule has 0 amide bonds. The van der Waals surface area contributed by atoms with E-state index in [0.717, 1.165) is 5.56 Å². The Hall–Kier alpha value is -2.09. The van der Waals surface area contributed by atoms with Crippen molar-refractivity contribution in [2.24, 2.45) is 4.99 Å². The zero-order valence-corrected chi connectivity index (χ0v) is 8.56. The molecule has 76 valence electrons. The van der Waals surface area contributed by atoms with Crippen molar-refractivity contribution in [1.29, 1.82) is 0 Å². The summed E-state index contributed by atoms with van der Waals surface area (Å²) in [5.41, 5.74) is 1.13. The van der Waals surface area contributed by atoms with E-state index < -0.39 is 0 Å². The monoisotopic (exact) mass is 198 g/mol. The van der Waals surface area contributed by atoms with Gasteiger partial charge in [-0.05, 0) is 17.8 Å². The van der Waals surface area contributed by atoms with Gasteiger partial charge < -0.3 is 5.32 Å². The summed E-state index contributed by atoms with van der Waals surface area (Å²) in [5, 5.41) is 2.91. The molecule has 0 unspecified atom stereocenters. The minimum Gasteiger partial charge on any atom is -0.347 e. The molecule has 0 spiro atoms. The summed E-state index contributed by atoms with van der Waals surface area (Å²) < 4.78 is 0. The Morgan fingerprint density at radius 2 is 1.93 bits per heavy atom. The molecule has 1 aromatic carbocycles. The van der Waals surface area contributed by atoms with Crippen molar-refractivity contribution in [3.8, 4) is 0 Å². The first-order valence-corrected chi connectivity index (χ1v) is 4.66. The zero-order valence-electron chi connectivity index (χ0n) is 8.56. The summed E-state index contributed by atoms with van der Waals surface area (Å²) in [4.78, 5) is 4.04. The molecule has 0 atom stereocenters. The summed E-state index contributed by atoms with van der Waals surface area (Å²) in [6, 6.07) is 10.0. The molecule has 0 aliphatic heterocycles. The normalized spacial score (nSPS) is 11.3. The Balaban J connectivity index is 2.74. The molecular weight excluding hydrogens is 184 g/mol. The van der Waals surface area contributed by atoms with Gasteiger partial charge in [0.1, 0.15) is 5.84 Å². The van der Waals surface area contributed by atoms with Crippen LogP contribution in [0, 0.1) is 0 Å². The minimum atomic E-state index is 0.712. The Labute approximate surface area is 90.4 Å². The van der Waals surface area contributed by atoms with Crippen molar-refractivity contribution >= 4 is 11.9 Å². The van der Waals surface area contributed by atoms with E-state index >= 15 is 0 Å². The van der Waals surface area contributed by atoms with E-state index in [1.165, 1.54) is 6.20 Å². The lowest BCUT2D eigenvalue weighted by molar-refractivity contribution is 1.27. The molecule has 1 rings (SSSR count). The van der Waals surface area contributed by atoms with Crippen molar-refractivity contribution in [2.75, 3.05) is 0 Å². The van der Waals surface area contributed by atoms with Crippen LogP contribution in [0.3, 0.4) is 0 Å². The quantitative estimate of drug-likeness (QED) is 0.583. The lowest BCUT2D eigenvalue weighted by Crippen LogP contribution is -2.13. The molecule has 0 aliphatic rings. The largest absolute Gasteiger partial charge is 0.347 e. The first-order valence-electron chi connectivity index (χ1n) is 4.66. The molecule has 0 saturated heterocycles. The van der Waals surface area contributed by atoms with E-state index in [9.17, 15) is 0 Å². The van der Waals surface area contributed by atoms with Crippen molar-refractivity contribution in [3.63, 3.8) is 0 Å². The molecule has 15 heavy (non-hydrogen) atoms. The molecule has 1 N–H and O–H groups in total. The van der Waals surface area contributed by atoms with Gasteiger partial charge >= 0.3 is 0 Å². The van der Waals surface area contributed by atoms with Gasteiger partial charge in [-0.15, -0.1) is 0 Å². The smallest absolute Gasteiger partial charge is 0.129 e. The maximum absolute atomic E-state index is 4.04. The number of hydrogen-bond acceptors (Lipinski definition) is 1. The van der Waals surface area contributed by atoms with Gasteiger partial charge in [0.2, 0.25) is 0 Å². The van der Waals surface area contributed by atoms with Crippen LogP contribution in [-0.4, -0.2) is 5.84 Å². The third-order valence-corrected chi connectivity index (χ3v) is 1.71. The van der Waals surface area contributed by atoms with Crippen molar-refractivity contribution in [2.45, 2.75) is 0 Å². The lowest BCUT2D eigenvalue weighted by Gasteiger charge is -1.97. The topological polar surface area (TPSA) is 24.4 Å². The van der Waals surface area contributed by atoms with E-state index in [4.69, 9.17) is 0 Å². The van der Waals surface area contributed by atoms with E-state index in [-0.39, 0.29) is 0 Å². The van der Waals surface area contributed by atoms with Gasteiger partial charge in [-0.1, -0.05) is 49.6 Å². The second-order valence-corrected chi connectivity index (χ2v) is 2.79. The molecule has 0 saturated carbocycles. The molecular formula is C13H14N2. The van der Waals surface area contributed by atoms with Gasteiger partial charge in [0.05, 0.1) is 0 Å². The first kappa shape index (κ1) is 11.0. The number of benzene rings is 1.